The molecule has 1 aromatic heterocycles. The molecule has 1 atom stereocenters. The Hall–Kier alpha value is -1.46. The van der Waals surface area contributed by atoms with Crippen molar-refractivity contribution in [1.29, 1.82) is 0 Å². The van der Waals surface area contributed by atoms with Crippen molar-refractivity contribution in [1.82, 2.24) is 20.1 Å². The van der Waals surface area contributed by atoms with Gasteiger partial charge in [-0.25, -0.2) is 4.39 Å². The van der Waals surface area contributed by atoms with E-state index in [0.29, 0.717) is 0 Å². The Bertz CT molecular complexity index is 596. The van der Waals surface area contributed by atoms with Gasteiger partial charge in [-0.1, -0.05) is 11.6 Å². The van der Waals surface area contributed by atoms with E-state index in [0.717, 1.165) is 30.3 Å². The number of hydrogen-bond acceptors (Lipinski definition) is 3. The van der Waals surface area contributed by atoms with Crippen LogP contribution in [-0.4, -0.2) is 21.3 Å². The fourth-order valence-corrected chi connectivity index (χ4v) is 2.37. The first-order valence-electron chi connectivity index (χ1n) is 5.78. The summed E-state index contributed by atoms with van der Waals surface area (Å²) in [5.74, 6) is 1.21. The Labute approximate surface area is 109 Å². The van der Waals surface area contributed by atoms with Gasteiger partial charge in [0.1, 0.15) is 11.6 Å². The van der Waals surface area contributed by atoms with Crippen LogP contribution < -0.4 is 5.32 Å². The average molecular weight is 267 g/mol. The number of benzene rings is 1. The molecular formula is C12H12ClFN4. The highest BCUT2D eigenvalue weighted by Gasteiger charge is 2.22. The number of rotatable bonds is 1. The van der Waals surface area contributed by atoms with Crippen LogP contribution in [0.3, 0.4) is 0 Å². The first-order valence-corrected chi connectivity index (χ1v) is 6.16. The van der Waals surface area contributed by atoms with E-state index in [1.54, 1.807) is 12.1 Å². The molecule has 4 nitrogen and oxygen atoms in total. The minimum atomic E-state index is -0.422. The third-order valence-electron chi connectivity index (χ3n) is 3.13. The van der Waals surface area contributed by atoms with Gasteiger partial charge in [-0.2, -0.15) is 0 Å². The van der Waals surface area contributed by atoms with E-state index >= 15 is 0 Å². The van der Waals surface area contributed by atoms with Crippen molar-refractivity contribution in [2.75, 3.05) is 6.54 Å². The molecule has 0 amide bonds. The zero-order chi connectivity index (χ0) is 12.7. The van der Waals surface area contributed by atoms with Crippen LogP contribution in [0.25, 0.3) is 11.4 Å². The first kappa shape index (κ1) is 11.6. The van der Waals surface area contributed by atoms with Gasteiger partial charge in [0.05, 0.1) is 11.1 Å². The van der Waals surface area contributed by atoms with Gasteiger partial charge in [0, 0.05) is 18.7 Å². The van der Waals surface area contributed by atoms with Gasteiger partial charge < -0.3 is 9.88 Å². The maximum atomic E-state index is 13.2. The summed E-state index contributed by atoms with van der Waals surface area (Å²) in [5, 5.41) is 11.8. The Morgan fingerprint density at radius 3 is 3.06 bits per heavy atom. The van der Waals surface area contributed by atoms with Crippen LogP contribution in [0.4, 0.5) is 4.39 Å². The second-order valence-corrected chi connectivity index (χ2v) is 4.75. The zero-order valence-electron chi connectivity index (χ0n) is 9.82. The zero-order valence-corrected chi connectivity index (χ0v) is 10.6. The van der Waals surface area contributed by atoms with E-state index in [2.05, 4.69) is 15.5 Å². The molecule has 6 heteroatoms. The molecule has 0 saturated carbocycles. The lowest BCUT2D eigenvalue weighted by Crippen LogP contribution is -2.32. The molecular weight excluding hydrogens is 255 g/mol. The van der Waals surface area contributed by atoms with Crippen LogP contribution in [0.15, 0.2) is 18.2 Å². The lowest BCUT2D eigenvalue weighted by molar-refractivity contribution is 0.439. The number of nitrogens with one attached hydrogen (secondary N) is 1. The number of fused-ring (bicyclic) bond motifs is 1. The molecule has 1 aliphatic rings. The molecule has 0 fully saturated rings. The summed E-state index contributed by atoms with van der Waals surface area (Å²) >= 11 is 5.80. The summed E-state index contributed by atoms with van der Waals surface area (Å²) in [6.45, 7) is 3.71. The monoisotopic (exact) mass is 266 g/mol. The molecule has 0 radical (unpaired) electrons. The van der Waals surface area contributed by atoms with E-state index in [4.69, 9.17) is 11.6 Å². The molecule has 3 rings (SSSR count). The maximum absolute atomic E-state index is 13.2. The Balaban J connectivity index is 2.09. The van der Waals surface area contributed by atoms with Gasteiger partial charge in [-0.15, -0.1) is 10.2 Å². The highest BCUT2D eigenvalue weighted by molar-refractivity contribution is 6.31. The van der Waals surface area contributed by atoms with Crippen molar-refractivity contribution in [2.45, 2.75) is 19.5 Å². The molecule has 0 bridgehead atoms. The summed E-state index contributed by atoms with van der Waals surface area (Å²) in [4.78, 5) is 0. The molecule has 1 aliphatic heterocycles. The van der Waals surface area contributed by atoms with Gasteiger partial charge in [0.2, 0.25) is 0 Å². The first-order chi connectivity index (χ1) is 8.66. The van der Waals surface area contributed by atoms with E-state index < -0.39 is 5.82 Å². The molecule has 1 unspecified atom stereocenters. The summed E-state index contributed by atoms with van der Waals surface area (Å²) < 4.78 is 15.2. The van der Waals surface area contributed by atoms with Gasteiger partial charge in [0.15, 0.2) is 5.82 Å². The summed E-state index contributed by atoms with van der Waals surface area (Å²) in [7, 11) is 0. The van der Waals surface area contributed by atoms with E-state index in [-0.39, 0.29) is 11.1 Å². The van der Waals surface area contributed by atoms with Gasteiger partial charge >= 0.3 is 0 Å². The van der Waals surface area contributed by atoms with Crippen molar-refractivity contribution in [2.24, 2.45) is 0 Å². The topological polar surface area (TPSA) is 42.7 Å². The molecule has 0 spiro atoms. The standard InChI is InChI=1S/C12H12ClFN4/c1-7-11-16-17-12(18(11)5-4-15-7)8-2-3-10(14)9(13)6-8/h2-3,6-7,15H,4-5H2,1H3. The molecule has 1 aromatic carbocycles. The van der Waals surface area contributed by atoms with Crippen molar-refractivity contribution >= 4 is 11.6 Å². The molecule has 2 aromatic rings. The largest absolute Gasteiger partial charge is 0.308 e. The Kier molecular flexibility index (Phi) is 2.80. The molecule has 18 heavy (non-hydrogen) atoms. The minimum absolute atomic E-state index is 0.104. The third kappa shape index (κ3) is 1.79. The van der Waals surface area contributed by atoms with Crippen molar-refractivity contribution < 1.29 is 4.39 Å². The smallest absolute Gasteiger partial charge is 0.164 e. The van der Waals surface area contributed by atoms with Crippen LogP contribution in [0.5, 0.6) is 0 Å². The highest BCUT2D eigenvalue weighted by Crippen LogP contribution is 2.26. The minimum Gasteiger partial charge on any atom is -0.308 e. The van der Waals surface area contributed by atoms with Crippen LogP contribution in [0.1, 0.15) is 18.8 Å². The summed E-state index contributed by atoms with van der Waals surface area (Å²) in [5.41, 5.74) is 0.786. The number of halogens is 2. The summed E-state index contributed by atoms with van der Waals surface area (Å²) in [6.07, 6.45) is 0. The van der Waals surface area contributed by atoms with Gasteiger partial charge in [-0.3, -0.25) is 0 Å². The molecule has 0 aliphatic carbocycles. The van der Waals surface area contributed by atoms with Crippen LogP contribution in [0.2, 0.25) is 5.02 Å². The van der Waals surface area contributed by atoms with Crippen molar-refractivity contribution in [3.05, 3.63) is 34.9 Å². The fraction of sp³-hybridized carbons (Fsp3) is 0.333. The molecule has 1 N–H and O–H groups in total. The van der Waals surface area contributed by atoms with E-state index in [1.807, 2.05) is 11.5 Å². The number of nitrogens with zero attached hydrogens (tertiary/aromatic N) is 3. The van der Waals surface area contributed by atoms with E-state index in [9.17, 15) is 4.39 Å². The quantitative estimate of drug-likeness (QED) is 0.862. The predicted molar refractivity (Wildman–Crippen MR) is 66.8 cm³/mol. The Morgan fingerprint density at radius 1 is 1.44 bits per heavy atom. The SMILES string of the molecule is CC1NCCn2c(-c3ccc(F)c(Cl)c3)nnc21. The average Bonchev–Trinajstić information content (AvgIpc) is 2.78. The molecule has 0 saturated heterocycles. The van der Waals surface area contributed by atoms with Gasteiger partial charge in [-0.05, 0) is 25.1 Å². The second kappa shape index (κ2) is 4.33. The van der Waals surface area contributed by atoms with E-state index in [1.165, 1.54) is 6.07 Å². The lowest BCUT2D eigenvalue weighted by atomic mass is 10.2. The summed E-state index contributed by atoms with van der Waals surface area (Å²) in [6, 6.07) is 4.78. The number of hydrogen-bond donors (Lipinski definition) is 1. The normalized spacial score (nSPS) is 18.7. The van der Waals surface area contributed by atoms with Crippen LogP contribution >= 0.6 is 11.6 Å². The lowest BCUT2D eigenvalue weighted by Gasteiger charge is -2.21. The fourth-order valence-electron chi connectivity index (χ4n) is 2.19. The Morgan fingerprint density at radius 2 is 2.28 bits per heavy atom. The highest BCUT2D eigenvalue weighted by atomic mass is 35.5. The van der Waals surface area contributed by atoms with Crippen LogP contribution in [0, 0.1) is 5.82 Å². The third-order valence-corrected chi connectivity index (χ3v) is 3.42. The number of aromatic nitrogens is 3. The van der Waals surface area contributed by atoms with Crippen LogP contribution in [-0.2, 0) is 6.54 Å². The second-order valence-electron chi connectivity index (χ2n) is 4.34. The predicted octanol–water partition coefficient (Wildman–Crippen LogP) is 2.40. The molecule has 2 heterocycles. The van der Waals surface area contributed by atoms with Gasteiger partial charge in [0.25, 0.3) is 0 Å². The maximum Gasteiger partial charge on any atom is 0.164 e. The van der Waals surface area contributed by atoms with Crippen molar-refractivity contribution in [3.63, 3.8) is 0 Å². The molecule has 94 valence electrons. The van der Waals surface area contributed by atoms with Crippen molar-refractivity contribution in [3.8, 4) is 11.4 Å².